The first-order valence-electron chi connectivity index (χ1n) is 4.61. The van der Waals surface area contributed by atoms with E-state index in [1.807, 2.05) is 19.1 Å². The summed E-state index contributed by atoms with van der Waals surface area (Å²) < 4.78 is 10.4. The number of benzene rings is 1. The molecule has 1 fully saturated rings. The maximum absolute atomic E-state index is 9.76. The van der Waals surface area contributed by atoms with Crippen LogP contribution in [0.25, 0.3) is 0 Å². The summed E-state index contributed by atoms with van der Waals surface area (Å²) in [4.78, 5) is 0. The number of aromatic hydroxyl groups is 1. The minimum Gasteiger partial charge on any atom is -0.508 e. The van der Waals surface area contributed by atoms with Gasteiger partial charge in [0, 0.05) is 12.7 Å². The van der Waals surface area contributed by atoms with Gasteiger partial charge in [0.25, 0.3) is 0 Å². The van der Waals surface area contributed by atoms with Crippen molar-refractivity contribution in [2.24, 2.45) is 0 Å². The second-order valence-corrected chi connectivity index (χ2v) is 3.74. The van der Waals surface area contributed by atoms with Gasteiger partial charge in [-0.3, -0.25) is 0 Å². The summed E-state index contributed by atoms with van der Waals surface area (Å²) in [6, 6.07) is 5.61. The van der Waals surface area contributed by atoms with Crippen molar-refractivity contribution in [2.45, 2.75) is 12.5 Å². The highest BCUT2D eigenvalue weighted by molar-refractivity contribution is 5.42. The van der Waals surface area contributed by atoms with Crippen LogP contribution in [0.4, 0.5) is 0 Å². The van der Waals surface area contributed by atoms with Gasteiger partial charge in [-0.15, -0.1) is 0 Å². The normalized spacial score (nSPS) is 25.0. The van der Waals surface area contributed by atoms with Gasteiger partial charge in [0.05, 0.1) is 13.2 Å². The fraction of sp³-hybridized carbons (Fsp3) is 0.455. The minimum atomic E-state index is -0.396. The summed E-state index contributed by atoms with van der Waals surface area (Å²) >= 11 is 0. The van der Waals surface area contributed by atoms with Gasteiger partial charge in [-0.2, -0.15) is 0 Å². The molecule has 0 saturated carbocycles. The average Bonchev–Trinajstić information content (AvgIpc) is 2.86. The van der Waals surface area contributed by atoms with Crippen LogP contribution in [0.1, 0.15) is 11.1 Å². The quantitative estimate of drug-likeness (QED) is 0.743. The van der Waals surface area contributed by atoms with Crippen LogP contribution in [0, 0.1) is 6.92 Å². The summed E-state index contributed by atoms with van der Waals surface area (Å²) in [7, 11) is 1.63. The highest BCUT2D eigenvalue weighted by atomic mass is 16.6. The molecule has 1 aromatic rings. The predicted molar refractivity (Wildman–Crippen MR) is 52.3 cm³/mol. The molecule has 0 spiro atoms. The van der Waals surface area contributed by atoms with Crippen molar-refractivity contribution in [1.82, 2.24) is 0 Å². The first-order valence-corrected chi connectivity index (χ1v) is 4.61. The lowest BCUT2D eigenvalue weighted by atomic mass is 9.98. The first-order chi connectivity index (χ1) is 6.68. The van der Waals surface area contributed by atoms with Crippen LogP contribution in [-0.4, -0.2) is 25.4 Å². The average molecular weight is 194 g/mol. The van der Waals surface area contributed by atoms with Crippen molar-refractivity contribution >= 4 is 0 Å². The van der Waals surface area contributed by atoms with Gasteiger partial charge in [-0.05, 0) is 18.6 Å². The van der Waals surface area contributed by atoms with Gasteiger partial charge >= 0.3 is 0 Å². The van der Waals surface area contributed by atoms with E-state index in [-0.39, 0.29) is 0 Å². The second kappa shape index (κ2) is 3.26. The summed E-state index contributed by atoms with van der Waals surface area (Å²) in [5.41, 5.74) is 1.47. The molecule has 76 valence electrons. The molecular formula is C11H14O3. The highest BCUT2D eigenvalue weighted by Crippen LogP contribution is 2.43. The highest BCUT2D eigenvalue weighted by Gasteiger charge is 2.48. The molecule has 0 radical (unpaired) electrons. The smallest absolute Gasteiger partial charge is 0.143 e. The van der Waals surface area contributed by atoms with Crippen molar-refractivity contribution < 1.29 is 14.6 Å². The number of epoxide rings is 1. The molecule has 1 atom stereocenters. The number of aryl methyl sites for hydroxylation is 1. The molecular weight excluding hydrogens is 180 g/mol. The zero-order chi connectivity index (χ0) is 10.2. The molecule has 0 bridgehead atoms. The SMILES string of the molecule is COCC1(c2ccc(C)cc2O)CO1. The molecule has 0 amide bonds. The lowest BCUT2D eigenvalue weighted by molar-refractivity contribution is 0.119. The Labute approximate surface area is 83.3 Å². The lowest BCUT2D eigenvalue weighted by Crippen LogP contribution is -2.16. The molecule has 1 saturated heterocycles. The van der Waals surface area contributed by atoms with Crippen LogP contribution >= 0.6 is 0 Å². The Balaban J connectivity index is 2.32. The summed E-state index contributed by atoms with van der Waals surface area (Å²) in [5, 5.41) is 9.76. The van der Waals surface area contributed by atoms with E-state index in [0.717, 1.165) is 11.1 Å². The molecule has 0 aliphatic carbocycles. The van der Waals surface area contributed by atoms with E-state index >= 15 is 0 Å². The molecule has 1 aliphatic heterocycles. The van der Waals surface area contributed by atoms with E-state index in [1.54, 1.807) is 13.2 Å². The molecule has 1 aromatic carbocycles. The van der Waals surface area contributed by atoms with Crippen LogP contribution in [-0.2, 0) is 15.1 Å². The monoisotopic (exact) mass is 194 g/mol. The van der Waals surface area contributed by atoms with Crippen LogP contribution in [0.5, 0.6) is 5.75 Å². The Kier molecular flexibility index (Phi) is 2.21. The van der Waals surface area contributed by atoms with Crippen LogP contribution in [0.2, 0.25) is 0 Å². The second-order valence-electron chi connectivity index (χ2n) is 3.74. The van der Waals surface area contributed by atoms with E-state index in [1.165, 1.54) is 0 Å². The third-order valence-electron chi connectivity index (χ3n) is 2.51. The van der Waals surface area contributed by atoms with E-state index in [9.17, 15) is 5.11 Å². The molecule has 1 heterocycles. The molecule has 1 aliphatic rings. The Morgan fingerprint density at radius 2 is 2.29 bits per heavy atom. The van der Waals surface area contributed by atoms with E-state index < -0.39 is 5.60 Å². The Hall–Kier alpha value is -1.06. The number of hydrogen-bond donors (Lipinski definition) is 1. The van der Waals surface area contributed by atoms with E-state index in [2.05, 4.69) is 0 Å². The zero-order valence-corrected chi connectivity index (χ0v) is 8.41. The molecule has 2 rings (SSSR count). The third-order valence-corrected chi connectivity index (χ3v) is 2.51. The zero-order valence-electron chi connectivity index (χ0n) is 8.41. The van der Waals surface area contributed by atoms with Crippen molar-refractivity contribution in [3.05, 3.63) is 29.3 Å². The Morgan fingerprint density at radius 3 is 2.79 bits per heavy atom. The molecule has 3 nitrogen and oxygen atoms in total. The number of methoxy groups -OCH3 is 1. The number of hydrogen-bond acceptors (Lipinski definition) is 3. The van der Waals surface area contributed by atoms with Gasteiger partial charge < -0.3 is 14.6 Å². The molecule has 1 unspecified atom stereocenters. The Bertz CT molecular complexity index is 342. The van der Waals surface area contributed by atoms with Crippen molar-refractivity contribution in [2.75, 3.05) is 20.3 Å². The van der Waals surface area contributed by atoms with Gasteiger partial charge in [0.2, 0.25) is 0 Å². The van der Waals surface area contributed by atoms with Gasteiger partial charge in [0.15, 0.2) is 0 Å². The predicted octanol–water partition coefficient (Wildman–Crippen LogP) is 1.57. The number of rotatable bonds is 3. The van der Waals surface area contributed by atoms with Crippen molar-refractivity contribution in [3.8, 4) is 5.75 Å². The molecule has 14 heavy (non-hydrogen) atoms. The standard InChI is InChI=1S/C11H14O3/c1-8-3-4-9(10(12)5-8)11(6-13-2)7-14-11/h3-5,12H,6-7H2,1-2H3. The number of ether oxygens (including phenoxy) is 2. The van der Waals surface area contributed by atoms with Crippen LogP contribution in [0.3, 0.4) is 0 Å². The topological polar surface area (TPSA) is 42.0 Å². The van der Waals surface area contributed by atoms with Crippen LogP contribution in [0.15, 0.2) is 18.2 Å². The van der Waals surface area contributed by atoms with E-state index in [4.69, 9.17) is 9.47 Å². The van der Waals surface area contributed by atoms with E-state index in [0.29, 0.717) is 19.0 Å². The summed E-state index contributed by atoms with van der Waals surface area (Å²) in [6.07, 6.45) is 0. The van der Waals surface area contributed by atoms with Gasteiger partial charge in [0.1, 0.15) is 11.4 Å². The largest absolute Gasteiger partial charge is 0.508 e. The van der Waals surface area contributed by atoms with Crippen molar-refractivity contribution in [3.63, 3.8) is 0 Å². The lowest BCUT2D eigenvalue weighted by Gasteiger charge is -2.13. The Morgan fingerprint density at radius 1 is 1.57 bits per heavy atom. The molecule has 3 heteroatoms. The minimum absolute atomic E-state index is 0.291. The summed E-state index contributed by atoms with van der Waals surface area (Å²) in [6.45, 7) is 3.06. The maximum Gasteiger partial charge on any atom is 0.143 e. The summed E-state index contributed by atoms with van der Waals surface area (Å²) in [5.74, 6) is 0.291. The molecule has 0 aromatic heterocycles. The fourth-order valence-electron chi connectivity index (χ4n) is 1.66. The van der Waals surface area contributed by atoms with Gasteiger partial charge in [-0.25, -0.2) is 0 Å². The first kappa shape index (κ1) is 9.49. The maximum atomic E-state index is 9.76. The molecule has 1 N–H and O–H groups in total. The van der Waals surface area contributed by atoms with Crippen molar-refractivity contribution in [1.29, 1.82) is 0 Å². The number of phenols is 1. The number of phenolic OH excluding ortho intramolecular Hbond substituents is 1. The van der Waals surface area contributed by atoms with Crippen LogP contribution < -0.4 is 0 Å². The fourth-order valence-corrected chi connectivity index (χ4v) is 1.66. The third kappa shape index (κ3) is 1.49. The van der Waals surface area contributed by atoms with Gasteiger partial charge in [-0.1, -0.05) is 12.1 Å².